The summed E-state index contributed by atoms with van der Waals surface area (Å²) >= 11 is 7.70. The SMILES string of the molecule is Cc1cc(Cl)nc(C)c1C(=O)NCCC(C)N1CCC(N(Cc2ccsc2)C(=O)NC2CCCCC2)CC1. The van der Waals surface area contributed by atoms with Gasteiger partial charge in [-0.2, -0.15) is 11.3 Å². The van der Waals surface area contributed by atoms with Gasteiger partial charge in [-0.3, -0.25) is 4.79 Å². The van der Waals surface area contributed by atoms with Crippen molar-refractivity contribution < 1.29 is 9.59 Å². The first kappa shape index (κ1) is 28.8. The molecule has 9 heteroatoms. The van der Waals surface area contributed by atoms with Gasteiger partial charge < -0.3 is 20.4 Å². The molecule has 2 aromatic heterocycles. The van der Waals surface area contributed by atoms with Crippen molar-refractivity contribution in [1.29, 1.82) is 0 Å². The van der Waals surface area contributed by atoms with Crippen molar-refractivity contribution in [2.75, 3.05) is 19.6 Å². The fourth-order valence-electron chi connectivity index (χ4n) is 5.88. The molecule has 208 valence electrons. The van der Waals surface area contributed by atoms with E-state index in [0.29, 0.717) is 41.6 Å². The molecule has 1 aliphatic carbocycles. The first-order chi connectivity index (χ1) is 18.3. The molecule has 0 radical (unpaired) electrons. The first-order valence-electron chi connectivity index (χ1n) is 14.1. The van der Waals surface area contributed by atoms with Crippen molar-refractivity contribution in [3.63, 3.8) is 0 Å². The van der Waals surface area contributed by atoms with Crippen LogP contribution in [0.3, 0.4) is 0 Å². The van der Waals surface area contributed by atoms with Crippen LogP contribution in [0.1, 0.15) is 85.5 Å². The Labute approximate surface area is 236 Å². The highest BCUT2D eigenvalue weighted by Gasteiger charge is 2.31. The molecule has 1 aliphatic heterocycles. The van der Waals surface area contributed by atoms with E-state index >= 15 is 0 Å². The van der Waals surface area contributed by atoms with E-state index in [1.807, 2.05) is 13.8 Å². The van der Waals surface area contributed by atoms with Crippen LogP contribution < -0.4 is 10.6 Å². The zero-order chi connectivity index (χ0) is 27.1. The second-order valence-electron chi connectivity index (χ2n) is 10.9. The average Bonchev–Trinajstić information content (AvgIpc) is 3.41. The molecule has 1 saturated heterocycles. The number of nitrogens with one attached hydrogen (secondary N) is 2. The van der Waals surface area contributed by atoms with E-state index in [1.54, 1.807) is 17.4 Å². The van der Waals surface area contributed by atoms with Gasteiger partial charge in [0.2, 0.25) is 0 Å². The van der Waals surface area contributed by atoms with Gasteiger partial charge in [-0.1, -0.05) is 30.9 Å². The smallest absolute Gasteiger partial charge is 0.318 e. The van der Waals surface area contributed by atoms with Gasteiger partial charge in [-0.05, 0) is 86.9 Å². The van der Waals surface area contributed by atoms with E-state index in [0.717, 1.165) is 50.8 Å². The molecule has 1 atom stereocenters. The van der Waals surface area contributed by atoms with Crippen LogP contribution in [-0.4, -0.2) is 64.5 Å². The van der Waals surface area contributed by atoms with Crippen molar-refractivity contribution >= 4 is 34.9 Å². The normalized spacial score (nSPS) is 18.2. The van der Waals surface area contributed by atoms with Gasteiger partial charge in [-0.25, -0.2) is 9.78 Å². The Morgan fingerprint density at radius 1 is 1.18 bits per heavy atom. The number of piperidine rings is 1. The van der Waals surface area contributed by atoms with Gasteiger partial charge in [-0.15, -0.1) is 0 Å². The lowest BCUT2D eigenvalue weighted by atomic mass is 9.95. The summed E-state index contributed by atoms with van der Waals surface area (Å²) in [7, 11) is 0. The molecule has 38 heavy (non-hydrogen) atoms. The maximum Gasteiger partial charge on any atom is 0.318 e. The van der Waals surface area contributed by atoms with Crippen LogP contribution in [0.4, 0.5) is 4.79 Å². The van der Waals surface area contributed by atoms with Crippen LogP contribution >= 0.6 is 22.9 Å². The third-order valence-corrected chi connectivity index (χ3v) is 9.06. The van der Waals surface area contributed by atoms with Crippen LogP contribution in [0.5, 0.6) is 0 Å². The van der Waals surface area contributed by atoms with Crippen molar-refractivity contribution in [2.24, 2.45) is 0 Å². The topological polar surface area (TPSA) is 77.6 Å². The average molecular weight is 560 g/mol. The number of hydrogen-bond acceptors (Lipinski definition) is 5. The summed E-state index contributed by atoms with van der Waals surface area (Å²) in [6.45, 7) is 9.12. The second-order valence-corrected chi connectivity index (χ2v) is 12.1. The molecule has 3 amide bonds. The number of rotatable bonds is 9. The molecule has 2 fully saturated rings. The van der Waals surface area contributed by atoms with Crippen molar-refractivity contribution in [3.05, 3.63) is 50.4 Å². The Morgan fingerprint density at radius 3 is 2.58 bits per heavy atom. The van der Waals surface area contributed by atoms with E-state index in [4.69, 9.17) is 11.6 Å². The fourth-order valence-corrected chi connectivity index (χ4v) is 6.83. The summed E-state index contributed by atoms with van der Waals surface area (Å²) in [5.74, 6) is -0.0943. The van der Waals surface area contributed by atoms with Gasteiger partial charge >= 0.3 is 6.03 Å². The summed E-state index contributed by atoms with van der Waals surface area (Å²) in [4.78, 5) is 35.0. The summed E-state index contributed by atoms with van der Waals surface area (Å²) in [6, 6.07) is 4.86. The number of carbonyl (C=O) groups excluding carboxylic acids is 2. The predicted molar refractivity (Wildman–Crippen MR) is 155 cm³/mol. The predicted octanol–water partition coefficient (Wildman–Crippen LogP) is 5.93. The number of carbonyl (C=O) groups is 2. The molecular formula is C29H42ClN5O2S. The molecular weight excluding hydrogens is 518 g/mol. The monoisotopic (exact) mass is 559 g/mol. The molecule has 1 saturated carbocycles. The first-order valence-corrected chi connectivity index (χ1v) is 15.4. The molecule has 4 rings (SSSR count). The lowest BCUT2D eigenvalue weighted by Crippen LogP contribution is -2.53. The van der Waals surface area contributed by atoms with E-state index in [2.05, 4.69) is 49.2 Å². The third kappa shape index (κ3) is 7.70. The highest BCUT2D eigenvalue weighted by molar-refractivity contribution is 7.07. The number of likely N-dealkylation sites (tertiary alicyclic amines) is 1. The summed E-state index contributed by atoms with van der Waals surface area (Å²) in [6.07, 6.45) is 8.70. The van der Waals surface area contributed by atoms with Crippen LogP contribution in [0.2, 0.25) is 5.15 Å². The van der Waals surface area contributed by atoms with Gasteiger partial charge in [0.05, 0.1) is 11.3 Å². The van der Waals surface area contributed by atoms with Crippen LogP contribution in [0.15, 0.2) is 22.9 Å². The lowest BCUT2D eigenvalue weighted by molar-refractivity contribution is 0.0895. The minimum atomic E-state index is -0.0943. The Balaban J connectivity index is 1.27. The Kier molecular flexibility index (Phi) is 10.4. The Bertz CT molecular complexity index is 1040. The minimum Gasteiger partial charge on any atom is -0.352 e. The number of nitrogens with zero attached hydrogens (tertiary/aromatic N) is 3. The molecule has 2 aromatic rings. The molecule has 0 bridgehead atoms. The Morgan fingerprint density at radius 2 is 1.92 bits per heavy atom. The number of aryl methyl sites for hydroxylation is 2. The maximum absolute atomic E-state index is 13.4. The standard InChI is InChI=1S/C29H42ClN5O2S/c1-20-17-26(30)32-22(3)27(20)28(36)31-13-9-21(2)34-14-10-25(11-15-34)35(18-23-12-16-38-19-23)29(37)33-24-7-5-4-6-8-24/h12,16-17,19,21,24-25H,4-11,13-15,18H2,1-3H3,(H,31,36)(H,33,37). The third-order valence-electron chi connectivity index (χ3n) is 8.13. The van der Waals surface area contributed by atoms with Gasteiger partial charge in [0.25, 0.3) is 5.91 Å². The number of amides is 3. The molecule has 1 unspecified atom stereocenters. The minimum absolute atomic E-state index is 0.0943. The Hall–Kier alpha value is -2.16. The summed E-state index contributed by atoms with van der Waals surface area (Å²) < 4.78 is 0. The summed E-state index contributed by atoms with van der Waals surface area (Å²) in [5, 5.41) is 11.1. The lowest BCUT2D eigenvalue weighted by Gasteiger charge is -2.41. The van der Waals surface area contributed by atoms with Crippen molar-refractivity contribution in [3.8, 4) is 0 Å². The van der Waals surface area contributed by atoms with Crippen LogP contribution in [0.25, 0.3) is 0 Å². The van der Waals surface area contributed by atoms with E-state index in [9.17, 15) is 9.59 Å². The second kappa shape index (κ2) is 13.8. The molecule has 2 N–H and O–H groups in total. The van der Waals surface area contributed by atoms with Crippen LogP contribution in [-0.2, 0) is 6.54 Å². The zero-order valence-electron chi connectivity index (χ0n) is 23.0. The number of urea groups is 1. The molecule has 7 nitrogen and oxygen atoms in total. The number of hydrogen-bond donors (Lipinski definition) is 2. The van der Waals surface area contributed by atoms with E-state index in [1.165, 1.54) is 24.8 Å². The highest BCUT2D eigenvalue weighted by atomic mass is 35.5. The van der Waals surface area contributed by atoms with Gasteiger partial charge in [0, 0.05) is 44.3 Å². The number of pyridine rings is 1. The van der Waals surface area contributed by atoms with Gasteiger partial charge in [0.15, 0.2) is 0 Å². The van der Waals surface area contributed by atoms with Crippen molar-refractivity contribution in [2.45, 2.75) is 96.8 Å². The fraction of sp³-hybridized carbons (Fsp3) is 0.621. The van der Waals surface area contributed by atoms with Crippen LogP contribution in [0, 0.1) is 13.8 Å². The summed E-state index contributed by atoms with van der Waals surface area (Å²) in [5.41, 5.74) is 3.32. The van der Waals surface area contributed by atoms with E-state index < -0.39 is 0 Å². The molecule has 0 spiro atoms. The number of halogens is 1. The number of aromatic nitrogens is 1. The van der Waals surface area contributed by atoms with E-state index in [-0.39, 0.29) is 18.0 Å². The van der Waals surface area contributed by atoms with Crippen molar-refractivity contribution in [1.82, 2.24) is 25.4 Å². The zero-order valence-corrected chi connectivity index (χ0v) is 24.5. The largest absolute Gasteiger partial charge is 0.352 e. The molecule has 0 aromatic carbocycles. The maximum atomic E-state index is 13.4. The van der Waals surface area contributed by atoms with Gasteiger partial charge in [0.1, 0.15) is 5.15 Å². The molecule has 3 heterocycles. The molecule has 2 aliphatic rings. The quantitative estimate of drug-likeness (QED) is 0.373. The number of thiophene rings is 1. The highest BCUT2D eigenvalue weighted by Crippen LogP contribution is 2.24.